The molecule has 0 unspecified atom stereocenters. The maximum atomic E-state index is 12.3. The van der Waals surface area contributed by atoms with E-state index in [1.54, 1.807) is 16.9 Å². The Morgan fingerprint density at radius 1 is 1.25 bits per heavy atom. The van der Waals surface area contributed by atoms with E-state index in [1.807, 2.05) is 45.9 Å². The van der Waals surface area contributed by atoms with E-state index < -0.39 is 5.91 Å². The van der Waals surface area contributed by atoms with Gasteiger partial charge in [-0.25, -0.2) is 0 Å². The standard InChI is InChI=1S/C20H24N6O2/c1-11(2)20-23-24-25-26(20)17-8-14(16-6-5-12(3)9-22-16)7-15(19(21)28)18(17)13(4)10-27/h5-9,11,13,27H,10H2,1-4H3,(H2,21,28)/t13-/m1/s1. The molecule has 0 bridgehead atoms. The van der Waals surface area contributed by atoms with Crippen LogP contribution in [-0.2, 0) is 0 Å². The summed E-state index contributed by atoms with van der Waals surface area (Å²) in [7, 11) is 0. The van der Waals surface area contributed by atoms with Crippen LogP contribution in [0.1, 0.15) is 59.9 Å². The summed E-state index contributed by atoms with van der Waals surface area (Å²) in [6.07, 6.45) is 1.76. The third-order valence-electron chi connectivity index (χ3n) is 4.64. The van der Waals surface area contributed by atoms with Crippen LogP contribution in [-0.4, -0.2) is 42.8 Å². The van der Waals surface area contributed by atoms with Crippen molar-refractivity contribution in [3.8, 4) is 16.9 Å². The van der Waals surface area contributed by atoms with Gasteiger partial charge in [0.15, 0.2) is 5.82 Å². The molecule has 0 saturated carbocycles. The number of tetrazole rings is 1. The van der Waals surface area contributed by atoms with Crippen molar-refractivity contribution in [2.24, 2.45) is 5.73 Å². The number of hydrogen-bond donors (Lipinski definition) is 2. The van der Waals surface area contributed by atoms with Gasteiger partial charge in [-0.15, -0.1) is 5.10 Å². The minimum Gasteiger partial charge on any atom is -0.396 e. The first-order valence-corrected chi connectivity index (χ1v) is 9.13. The molecular weight excluding hydrogens is 356 g/mol. The number of hydrogen-bond acceptors (Lipinski definition) is 6. The molecule has 3 aromatic rings. The highest BCUT2D eigenvalue weighted by atomic mass is 16.3. The van der Waals surface area contributed by atoms with Crippen LogP contribution in [0.3, 0.4) is 0 Å². The molecule has 0 aliphatic rings. The summed E-state index contributed by atoms with van der Waals surface area (Å²) in [6, 6.07) is 7.43. The normalized spacial score (nSPS) is 12.4. The number of pyridine rings is 1. The van der Waals surface area contributed by atoms with E-state index in [-0.39, 0.29) is 18.4 Å². The van der Waals surface area contributed by atoms with E-state index in [4.69, 9.17) is 5.73 Å². The molecule has 3 N–H and O–H groups in total. The zero-order valence-corrected chi connectivity index (χ0v) is 16.4. The maximum absolute atomic E-state index is 12.3. The average Bonchev–Trinajstić information content (AvgIpc) is 3.17. The lowest BCUT2D eigenvalue weighted by atomic mass is 9.91. The zero-order chi connectivity index (χ0) is 20.4. The number of amides is 1. The second-order valence-corrected chi connectivity index (χ2v) is 7.23. The largest absolute Gasteiger partial charge is 0.396 e. The van der Waals surface area contributed by atoms with Gasteiger partial charge in [0.1, 0.15) is 0 Å². The fourth-order valence-corrected chi connectivity index (χ4v) is 3.14. The van der Waals surface area contributed by atoms with Crippen molar-refractivity contribution in [2.75, 3.05) is 6.61 Å². The number of aromatic nitrogens is 5. The van der Waals surface area contributed by atoms with Gasteiger partial charge in [0.25, 0.3) is 0 Å². The number of rotatable bonds is 6. The number of nitrogens with two attached hydrogens (primary N) is 1. The first-order valence-electron chi connectivity index (χ1n) is 9.13. The SMILES string of the molecule is Cc1ccc(-c2cc(C(N)=O)c([C@H](C)CO)c(-n3nnnc3C(C)C)c2)nc1. The molecule has 1 amide bonds. The number of nitrogens with zero attached hydrogens (tertiary/aromatic N) is 5. The van der Waals surface area contributed by atoms with E-state index >= 15 is 0 Å². The molecule has 8 heteroatoms. The number of aryl methyl sites for hydroxylation is 1. The highest BCUT2D eigenvalue weighted by molar-refractivity contribution is 5.97. The van der Waals surface area contributed by atoms with Crippen molar-refractivity contribution in [3.05, 3.63) is 53.0 Å². The molecule has 0 spiro atoms. The minimum absolute atomic E-state index is 0.0606. The molecule has 2 heterocycles. The van der Waals surface area contributed by atoms with Crippen LogP contribution in [0.5, 0.6) is 0 Å². The number of primary amides is 1. The highest BCUT2D eigenvalue weighted by Gasteiger charge is 2.24. The Hall–Kier alpha value is -3.13. The van der Waals surface area contributed by atoms with Gasteiger partial charge in [0.2, 0.25) is 5.91 Å². The van der Waals surface area contributed by atoms with Crippen molar-refractivity contribution in [1.29, 1.82) is 0 Å². The number of benzene rings is 1. The molecule has 3 rings (SSSR count). The third kappa shape index (κ3) is 3.63. The molecule has 0 radical (unpaired) electrons. The smallest absolute Gasteiger partial charge is 0.249 e. The Bertz CT molecular complexity index is 994. The van der Waals surface area contributed by atoms with E-state index in [1.165, 1.54) is 0 Å². The van der Waals surface area contributed by atoms with Gasteiger partial charge in [0.05, 0.1) is 11.4 Å². The number of carbonyl (C=O) groups excluding carboxylic acids is 1. The predicted octanol–water partition coefficient (Wildman–Crippen LogP) is 2.35. The van der Waals surface area contributed by atoms with Crippen LogP contribution in [0.25, 0.3) is 16.9 Å². The lowest BCUT2D eigenvalue weighted by Gasteiger charge is -2.20. The quantitative estimate of drug-likeness (QED) is 0.677. The van der Waals surface area contributed by atoms with Gasteiger partial charge in [-0.05, 0) is 46.7 Å². The van der Waals surface area contributed by atoms with E-state index in [2.05, 4.69) is 20.5 Å². The van der Waals surface area contributed by atoms with Crippen LogP contribution in [0.4, 0.5) is 0 Å². The van der Waals surface area contributed by atoms with Crippen molar-refractivity contribution in [3.63, 3.8) is 0 Å². The molecule has 1 atom stereocenters. The lowest BCUT2D eigenvalue weighted by molar-refractivity contribution is 0.0998. The van der Waals surface area contributed by atoms with Crippen molar-refractivity contribution >= 4 is 5.91 Å². The van der Waals surface area contributed by atoms with E-state index in [9.17, 15) is 9.90 Å². The fraction of sp³-hybridized carbons (Fsp3) is 0.350. The molecule has 0 aliphatic carbocycles. The molecule has 0 saturated heterocycles. The van der Waals surface area contributed by atoms with E-state index in [0.29, 0.717) is 28.3 Å². The molecular formula is C20H24N6O2. The summed E-state index contributed by atoms with van der Waals surface area (Å²) in [5.41, 5.74) is 9.71. The summed E-state index contributed by atoms with van der Waals surface area (Å²) >= 11 is 0. The van der Waals surface area contributed by atoms with Gasteiger partial charge < -0.3 is 10.8 Å². The number of carbonyl (C=O) groups is 1. The summed E-state index contributed by atoms with van der Waals surface area (Å²) in [4.78, 5) is 16.7. The molecule has 1 aromatic carbocycles. The van der Waals surface area contributed by atoms with Crippen molar-refractivity contribution in [2.45, 2.75) is 39.5 Å². The zero-order valence-electron chi connectivity index (χ0n) is 16.4. The second kappa shape index (κ2) is 7.85. The summed E-state index contributed by atoms with van der Waals surface area (Å²) in [5, 5.41) is 21.8. The summed E-state index contributed by atoms with van der Waals surface area (Å²) < 4.78 is 1.61. The molecule has 146 valence electrons. The number of aliphatic hydroxyl groups is 1. The maximum Gasteiger partial charge on any atom is 0.249 e. The van der Waals surface area contributed by atoms with Crippen LogP contribution in [0, 0.1) is 6.92 Å². The Morgan fingerprint density at radius 2 is 2.00 bits per heavy atom. The van der Waals surface area contributed by atoms with Gasteiger partial charge in [0, 0.05) is 35.8 Å². The van der Waals surface area contributed by atoms with Gasteiger partial charge in [-0.2, -0.15) is 4.68 Å². The second-order valence-electron chi connectivity index (χ2n) is 7.23. The summed E-state index contributed by atoms with van der Waals surface area (Å²) in [5.74, 6) is -0.201. The molecule has 0 fully saturated rings. The third-order valence-corrected chi connectivity index (χ3v) is 4.64. The monoisotopic (exact) mass is 380 g/mol. The highest BCUT2D eigenvalue weighted by Crippen LogP contribution is 2.33. The minimum atomic E-state index is -0.579. The van der Waals surface area contributed by atoms with E-state index in [0.717, 1.165) is 11.1 Å². The van der Waals surface area contributed by atoms with Crippen LogP contribution in [0.2, 0.25) is 0 Å². The Labute approximate surface area is 163 Å². The predicted molar refractivity (Wildman–Crippen MR) is 105 cm³/mol. The molecule has 8 nitrogen and oxygen atoms in total. The van der Waals surface area contributed by atoms with Crippen molar-refractivity contribution < 1.29 is 9.90 Å². The Balaban J connectivity index is 2.34. The fourth-order valence-electron chi connectivity index (χ4n) is 3.14. The van der Waals surface area contributed by atoms with Crippen LogP contribution in [0.15, 0.2) is 30.5 Å². The molecule has 2 aromatic heterocycles. The lowest BCUT2D eigenvalue weighted by Crippen LogP contribution is -2.20. The average molecular weight is 380 g/mol. The van der Waals surface area contributed by atoms with Crippen molar-refractivity contribution in [1.82, 2.24) is 25.2 Å². The van der Waals surface area contributed by atoms with Crippen LogP contribution < -0.4 is 5.73 Å². The van der Waals surface area contributed by atoms with Gasteiger partial charge >= 0.3 is 0 Å². The summed E-state index contributed by atoms with van der Waals surface area (Å²) in [6.45, 7) is 7.61. The van der Waals surface area contributed by atoms with Gasteiger partial charge in [-0.1, -0.05) is 26.8 Å². The Kier molecular flexibility index (Phi) is 5.51. The molecule has 28 heavy (non-hydrogen) atoms. The van der Waals surface area contributed by atoms with Crippen LogP contribution >= 0.6 is 0 Å². The first kappa shape index (κ1) is 19.6. The Morgan fingerprint density at radius 3 is 2.57 bits per heavy atom. The number of aliphatic hydroxyl groups excluding tert-OH is 1. The first-order chi connectivity index (χ1) is 13.3. The topological polar surface area (TPSA) is 120 Å². The molecule has 0 aliphatic heterocycles. The van der Waals surface area contributed by atoms with Gasteiger partial charge in [-0.3, -0.25) is 9.78 Å².